The summed E-state index contributed by atoms with van der Waals surface area (Å²) in [6, 6.07) is 6.58. The predicted molar refractivity (Wildman–Crippen MR) is 85.2 cm³/mol. The molecule has 1 heterocycles. The molecule has 112 valence electrons. The van der Waals surface area contributed by atoms with Gasteiger partial charge in [-0.2, -0.15) is 0 Å². The molecule has 0 aliphatic carbocycles. The quantitative estimate of drug-likeness (QED) is 0.835. The highest BCUT2D eigenvalue weighted by Crippen LogP contribution is 2.33. The number of hydrogen-bond donors (Lipinski definition) is 2. The molecule has 0 saturated carbocycles. The summed E-state index contributed by atoms with van der Waals surface area (Å²) >= 11 is 17.8. The van der Waals surface area contributed by atoms with Gasteiger partial charge in [-0.05, 0) is 31.2 Å². The van der Waals surface area contributed by atoms with Crippen molar-refractivity contribution in [3.05, 3.63) is 51.4 Å². The lowest BCUT2D eigenvalue weighted by Crippen LogP contribution is -2.30. The van der Waals surface area contributed by atoms with Crippen LogP contribution >= 0.6 is 34.8 Å². The van der Waals surface area contributed by atoms with Crippen molar-refractivity contribution in [1.29, 1.82) is 0 Å². The highest BCUT2D eigenvalue weighted by atomic mass is 35.5. The fourth-order valence-electron chi connectivity index (χ4n) is 1.73. The van der Waals surface area contributed by atoms with Crippen LogP contribution in [0.5, 0.6) is 0 Å². The first-order valence-electron chi connectivity index (χ1n) is 6.18. The molecule has 0 aliphatic heterocycles. The zero-order valence-electron chi connectivity index (χ0n) is 11.1. The second kappa shape index (κ2) is 7.18. The zero-order chi connectivity index (χ0) is 15.4. The number of nitrogens with one attached hydrogen (secondary N) is 2. The fourth-order valence-corrected chi connectivity index (χ4v) is 2.64. The lowest BCUT2D eigenvalue weighted by Gasteiger charge is -2.13. The first kappa shape index (κ1) is 16.2. The maximum atomic E-state index is 11.9. The number of amides is 1. The maximum Gasteiger partial charge on any atom is 0.238 e. The molecule has 0 bridgehead atoms. The van der Waals surface area contributed by atoms with Crippen LogP contribution < -0.4 is 10.6 Å². The Bertz CT molecular complexity index is 606. The molecular weight excluding hydrogens is 335 g/mol. The summed E-state index contributed by atoms with van der Waals surface area (Å²) in [5, 5.41) is 6.68. The summed E-state index contributed by atoms with van der Waals surface area (Å²) in [6.07, 6.45) is 1.58. The topological polar surface area (TPSA) is 54.3 Å². The van der Waals surface area contributed by atoms with Crippen LogP contribution in [-0.4, -0.2) is 12.5 Å². The van der Waals surface area contributed by atoms with Gasteiger partial charge in [0.2, 0.25) is 5.91 Å². The van der Waals surface area contributed by atoms with Gasteiger partial charge in [0.1, 0.15) is 5.76 Å². The largest absolute Gasteiger partial charge is 0.468 e. The van der Waals surface area contributed by atoms with Crippen LogP contribution in [0.25, 0.3) is 0 Å². The van der Waals surface area contributed by atoms with Crippen LogP contribution in [0.2, 0.25) is 15.1 Å². The number of halogens is 3. The minimum atomic E-state index is -0.264. The van der Waals surface area contributed by atoms with E-state index in [1.807, 2.05) is 13.0 Å². The Hall–Kier alpha value is -1.20. The zero-order valence-corrected chi connectivity index (χ0v) is 13.4. The highest BCUT2D eigenvalue weighted by molar-refractivity contribution is 6.42. The van der Waals surface area contributed by atoms with Gasteiger partial charge in [0, 0.05) is 5.02 Å². The molecule has 2 N–H and O–H groups in total. The Morgan fingerprint density at radius 1 is 1.29 bits per heavy atom. The Kier molecular flexibility index (Phi) is 5.53. The summed E-state index contributed by atoms with van der Waals surface area (Å²) in [6.45, 7) is 1.99. The monoisotopic (exact) mass is 346 g/mol. The molecule has 0 aliphatic rings. The average molecular weight is 348 g/mol. The molecule has 21 heavy (non-hydrogen) atoms. The number of anilines is 1. The van der Waals surface area contributed by atoms with Gasteiger partial charge < -0.3 is 9.73 Å². The second-order valence-electron chi connectivity index (χ2n) is 4.41. The fraction of sp³-hybridized carbons (Fsp3) is 0.214. The predicted octanol–water partition coefficient (Wildman–Crippen LogP) is 4.53. The molecule has 1 amide bonds. The van der Waals surface area contributed by atoms with Crippen LogP contribution in [0.4, 0.5) is 5.69 Å². The molecule has 1 aromatic heterocycles. The second-order valence-corrected chi connectivity index (χ2v) is 5.66. The molecule has 1 aromatic carbocycles. The third-order valence-corrected chi connectivity index (χ3v) is 3.62. The van der Waals surface area contributed by atoms with E-state index < -0.39 is 0 Å². The van der Waals surface area contributed by atoms with Gasteiger partial charge in [0.05, 0.1) is 34.6 Å². The Labute approximate surface area is 137 Å². The summed E-state index contributed by atoms with van der Waals surface area (Å²) < 4.78 is 5.25. The minimum Gasteiger partial charge on any atom is -0.468 e. The smallest absolute Gasteiger partial charge is 0.238 e. The maximum absolute atomic E-state index is 11.9. The standard InChI is InChI=1S/C14H13Cl3N2O2/c1-8(12-3-2-4-21-12)18-7-13(20)19-14-10(16)5-9(15)6-11(14)17/h2-6,8,18H,7H2,1H3,(H,19,20)/t8-/m0/s1. The molecular formula is C14H13Cl3N2O2. The van der Waals surface area contributed by atoms with Crippen molar-refractivity contribution < 1.29 is 9.21 Å². The molecule has 7 heteroatoms. The number of hydrogen-bond acceptors (Lipinski definition) is 3. The van der Waals surface area contributed by atoms with Crippen LogP contribution in [0.15, 0.2) is 34.9 Å². The Balaban J connectivity index is 1.93. The molecule has 0 unspecified atom stereocenters. The third kappa shape index (κ3) is 4.38. The molecule has 0 radical (unpaired) electrons. The first-order chi connectivity index (χ1) is 9.97. The first-order valence-corrected chi connectivity index (χ1v) is 7.32. The van der Waals surface area contributed by atoms with E-state index in [-0.39, 0.29) is 18.5 Å². The van der Waals surface area contributed by atoms with E-state index in [2.05, 4.69) is 10.6 Å². The number of carbonyl (C=O) groups excluding carboxylic acids is 1. The molecule has 0 saturated heterocycles. The Morgan fingerprint density at radius 2 is 1.95 bits per heavy atom. The minimum absolute atomic E-state index is 0.0816. The van der Waals surface area contributed by atoms with Gasteiger partial charge in [-0.25, -0.2) is 0 Å². The van der Waals surface area contributed by atoms with E-state index in [0.717, 1.165) is 5.76 Å². The molecule has 0 fully saturated rings. The number of rotatable bonds is 5. The van der Waals surface area contributed by atoms with Crippen molar-refractivity contribution in [3.8, 4) is 0 Å². The lowest BCUT2D eigenvalue weighted by molar-refractivity contribution is -0.115. The van der Waals surface area contributed by atoms with Crippen molar-refractivity contribution in [1.82, 2.24) is 5.32 Å². The average Bonchev–Trinajstić information content (AvgIpc) is 2.94. The molecule has 0 spiro atoms. The van der Waals surface area contributed by atoms with E-state index in [1.165, 1.54) is 12.1 Å². The van der Waals surface area contributed by atoms with Crippen LogP contribution in [-0.2, 0) is 4.79 Å². The SMILES string of the molecule is C[C@H](NCC(=O)Nc1c(Cl)cc(Cl)cc1Cl)c1ccco1. The van der Waals surface area contributed by atoms with Gasteiger partial charge in [0.25, 0.3) is 0 Å². The van der Waals surface area contributed by atoms with Gasteiger partial charge in [0.15, 0.2) is 0 Å². The summed E-state index contributed by atoms with van der Waals surface area (Å²) in [5.74, 6) is 0.491. The number of furan rings is 1. The van der Waals surface area contributed by atoms with Gasteiger partial charge >= 0.3 is 0 Å². The van der Waals surface area contributed by atoms with E-state index in [0.29, 0.717) is 20.8 Å². The van der Waals surface area contributed by atoms with Crippen molar-refractivity contribution in [2.75, 3.05) is 11.9 Å². The van der Waals surface area contributed by atoms with Gasteiger partial charge in [-0.15, -0.1) is 0 Å². The van der Waals surface area contributed by atoms with Crippen molar-refractivity contribution >= 4 is 46.4 Å². The lowest BCUT2D eigenvalue weighted by atomic mass is 10.2. The van der Waals surface area contributed by atoms with Crippen LogP contribution in [0, 0.1) is 0 Å². The van der Waals surface area contributed by atoms with Crippen molar-refractivity contribution in [2.24, 2.45) is 0 Å². The molecule has 4 nitrogen and oxygen atoms in total. The van der Waals surface area contributed by atoms with Gasteiger partial charge in [-0.1, -0.05) is 34.8 Å². The van der Waals surface area contributed by atoms with E-state index >= 15 is 0 Å². The van der Waals surface area contributed by atoms with E-state index in [9.17, 15) is 4.79 Å². The normalized spacial score (nSPS) is 12.2. The highest BCUT2D eigenvalue weighted by Gasteiger charge is 2.13. The van der Waals surface area contributed by atoms with Crippen molar-refractivity contribution in [3.63, 3.8) is 0 Å². The molecule has 2 aromatic rings. The summed E-state index contributed by atoms with van der Waals surface area (Å²) in [4.78, 5) is 11.9. The number of carbonyl (C=O) groups is 1. The third-order valence-electron chi connectivity index (χ3n) is 2.81. The van der Waals surface area contributed by atoms with Gasteiger partial charge in [-0.3, -0.25) is 10.1 Å². The molecule has 2 rings (SSSR count). The summed E-state index contributed by atoms with van der Waals surface area (Å²) in [5.41, 5.74) is 0.347. The Morgan fingerprint density at radius 3 is 2.52 bits per heavy atom. The molecule has 1 atom stereocenters. The van der Waals surface area contributed by atoms with Crippen LogP contribution in [0.3, 0.4) is 0 Å². The van der Waals surface area contributed by atoms with E-state index in [4.69, 9.17) is 39.2 Å². The van der Waals surface area contributed by atoms with Crippen LogP contribution in [0.1, 0.15) is 18.7 Å². The van der Waals surface area contributed by atoms with Crippen molar-refractivity contribution in [2.45, 2.75) is 13.0 Å². The summed E-state index contributed by atoms with van der Waals surface area (Å²) in [7, 11) is 0. The van der Waals surface area contributed by atoms with E-state index in [1.54, 1.807) is 12.3 Å². The number of benzene rings is 1.